The van der Waals surface area contributed by atoms with Crippen molar-refractivity contribution in [1.82, 2.24) is 10.6 Å². The zero-order chi connectivity index (χ0) is 16.7. The van der Waals surface area contributed by atoms with Crippen LogP contribution in [0.1, 0.15) is 25.3 Å². The first kappa shape index (κ1) is 20.4. The van der Waals surface area contributed by atoms with Crippen molar-refractivity contribution in [3.05, 3.63) is 35.9 Å². The van der Waals surface area contributed by atoms with Gasteiger partial charge in [0.2, 0.25) is 5.91 Å². The molecule has 1 saturated heterocycles. The number of nitrogens with one attached hydrogen (secondary N) is 2. The van der Waals surface area contributed by atoms with Crippen molar-refractivity contribution in [3.63, 3.8) is 0 Å². The first-order valence-electron chi connectivity index (χ1n) is 7.97. The highest BCUT2D eigenvalue weighted by atomic mass is 35.5. The van der Waals surface area contributed by atoms with Crippen molar-refractivity contribution in [2.75, 3.05) is 26.3 Å². The van der Waals surface area contributed by atoms with Crippen molar-refractivity contribution in [3.8, 4) is 0 Å². The fourth-order valence-corrected chi connectivity index (χ4v) is 2.61. The third-order valence-electron chi connectivity index (χ3n) is 3.85. The van der Waals surface area contributed by atoms with E-state index in [0.29, 0.717) is 19.8 Å². The van der Waals surface area contributed by atoms with Gasteiger partial charge in [0.1, 0.15) is 6.04 Å². The normalized spacial score (nSPS) is 21.2. The lowest BCUT2D eigenvalue weighted by Gasteiger charge is -2.29. The molecule has 3 atom stereocenters. The summed E-state index contributed by atoms with van der Waals surface area (Å²) in [6, 6.07) is 8.93. The zero-order valence-electron chi connectivity index (χ0n) is 14.0. The largest absolute Gasteiger partial charge is 0.465 e. The van der Waals surface area contributed by atoms with Crippen LogP contribution >= 0.6 is 12.4 Å². The first-order valence-corrected chi connectivity index (χ1v) is 7.97. The number of ether oxygens (including phenoxy) is 2. The van der Waals surface area contributed by atoms with Gasteiger partial charge in [0.15, 0.2) is 0 Å². The highest BCUT2D eigenvalue weighted by Crippen LogP contribution is 2.17. The summed E-state index contributed by atoms with van der Waals surface area (Å²) in [5, 5.41) is 5.97. The monoisotopic (exact) mass is 356 g/mol. The van der Waals surface area contributed by atoms with Crippen LogP contribution in [0.2, 0.25) is 0 Å². The summed E-state index contributed by atoms with van der Waals surface area (Å²) in [6.07, 6.45) is -0.193. The van der Waals surface area contributed by atoms with E-state index in [-0.39, 0.29) is 36.9 Å². The highest BCUT2D eigenvalue weighted by molar-refractivity contribution is 5.85. The summed E-state index contributed by atoms with van der Waals surface area (Å²) in [4.78, 5) is 24.5. The molecule has 1 amide bonds. The fourth-order valence-electron chi connectivity index (χ4n) is 2.61. The predicted octanol–water partition coefficient (Wildman–Crippen LogP) is 1.25. The van der Waals surface area contributed by atoms with Gasteiger partial charge in [0, 0.05) is 13.1 Å². The summed E-state index contributed by atoms with van der Waals surface area (Å²) in [5.41, 5.74) is 0.826. The third kappa shape index (κ3) is 5.47. The molecule has 0 aromatic heterocycles. The molecule has 24 heavy (non-hydrogen) atoms. The van der Waals surface area contributed by atoms with Crippen LogP contribution in [-0.2, 0) is 19.1 Å². The van der Waals surface area contributed by atoms with Crippen LogP contribution in [0, 0.1) is 0 Å². The van der Waals surface area contributed by atoms with Crippen molar-refractivity contribution >= 4 is 24.3 Å². The molecule has 1 aliphatic heterocycles. The molecule has 1 fully saturated rings. The Balaban J connectivity index is 0.00000288. The molecule has 0 bridgehead atoms. The SMILES string of the molecule is CCOC(=O)C(CNC(=O)[C@H]1NCCO[C@@H]1C)c1ccccc1.Cl. The summed E-state index contributed by atoms with van der Waals surface area (Å²) >= 11 is 0. The van der Waals surface area contributed by atoms with Crippen molar-refractivity contribution in [1.29, 1.82) is 0 Å². The van der Waals surface area contributed by atoms with E-state index in [1.165, 1.54) is 0 Å². The van der Waals surface area contributed by atoms with Gasteiger partial charge in [-0.2, -0.15) is 0 Å². The second-order valence-corrected chi connectivity index (χ2v) is 5.47. The Kier molecular flexibility index (Phi) is 8.74. The maximum absolute atomic E-state index is 12.3. The second-order valence-electron chi connectivity index (χ2n) is 5.47. The molecule has 1 aliphatic rings. The maximum atomic E-state index is 12.3. The first-order chi connectivity index (χ1) is 11.1. The van der Waals surface area contributed by atoms with E-state index >= 15 is 0 Å². The van der Waals surface area contributed by atoms with E-state index in [1.807, 2.05) is 37.3 Å². The fraction of sp³-hybridized carbons (Fsp3) is 0.529. The van der Waals surface area contributed by atoms with Gasteiger partial charge in [0.25, 0.3) is 0 Å². The quantitative estimate of drug-likeness (QED) is 0.750. The molecule has 1 aromatic rings. The number of hydrogen-bond acceptors (Lipinski definition) is 5. The van der Waals surface area contributed by atoms with Gasteiger partial charge in [-0.1, -0.05) is 30.3 Å². The highest BCUT2D eigenvalue weighted by Gasteiger charge is 2.30. The molecule has 1 aromatic carbocycles. The topological polar surface area (TPSA) is 76.7 Å². The molecular weight excluding hydrogens is 332 g/mol. The van der Waals surface area contributed by atoms with Crippen molar-refractivity contribution in [2.45, 2.75) is 31.9 Å². The number of carbonyl (C=O) groups is 2. The molecule has 2 rings (SSSR count). The van der Waals surface area contributed by atoms with Gasteiger partial charge in [-0.25, -0.2) is 0 Å². The molecule has 1 unspecified atom stereocenters. The molecule has 6 nitrogen and oxygen atoms in total. The number of benzene rings is 1. The molecule has 0 radical (unpaired) electrons. The lowest BCUT2D eigenvalue weighted by atomic mass is 9.99. The maximum Gasteiger partial charge on any atom is 0.315 e. The molecular formula is C17H25ClN2O4. The zero-order valence-corrected chi connectivity index (χ0v) is 14.8. The number of esters is 1. The average Bonchev–Trinajstić information content (AvgIpc) is 2.56. The van der Waals surface area contributed by atoms with Gasteiger partial charge in [-0.15, -0.1) is 12.4 Å². The van der Waals surface area contributed by atoms with Crippen LogP contribution in [0.25, 0.3) is 0 Å². The number of hydrogen-bond donors (Lipinski definition) is 2. The lowest BCUT2D eigenvalue weighted by molar-refractivity contribution is -0.145. The summed E-state index contributed by atoms with van der Waals surface area (Å²) in [5.74, 6) is -1.01. The van der Waals surface area contributed by atoms with Crippen molar-refractivity contribution in [2.24, 2.45) is 0 Å². The van der Waals surface area contributed by atoms with Gasteiger partial charge in [-0.3, -0.25) is 9.59 Å². The second kappa shape index (κ2) is 10.3. The lowest BCUT2D eigenvalue weighted by Crippen LogP contribution is -2.56. The number of morpholine rings is 1. The number of carbonyl (C=O) groups excluding carboxylic acids is 2. The smallest absolute Gasteiger partial charge is 0.315 e. The molecule has 2 N–H and O–H groups in total. The molecule has 1 heterocycles. The Morgan fingerprint density at radius 1 is 1.38 bits per heavy atom. The van der Waals surface area contributed by atoms with Gasteiger partial charge < -0.3 is 20.1 Å². The van der Waals surface area contributed by atoms with Crippen LogP contribution in [0.3, 0.4) is 0 Å². The molecule has 0 spiro atoms. The average molecular weight is 357 g/mol. The van der Waals surface area contributed by atoms with E-state index in [9.17, 15) is 9.59 Å². The van der Waals surface area contributed by atoms with E-state index < -0.39 is 12.0 Å². The number of halogens is 1. The summed E-state index contributed by atoms with van der Waals surface area (Å²) in [6.45, 7) is 5.38. The van der Waals surface area contributed by atoms with E-state index in [4.69, 9.17) is 9.47 Å². The van der Waals surface area contributed by atoms with Gasteiger partial charge >= 0.3 is 5.97 Å². The van der Waals surface area contributed by atoms with Crippen LogP contribution in [0.5, 0.6) is 0 Å². The molecule has 0 aliphatic carbocycles. The van der Waals surface area contributed by atoms with E-state index in [0.717, 1.165) is 5.56 Å². The van der Waals surface area contributed by atoms with Crippen LogP contribution < -0.4 is 10.6 Å². The van der Waals surface area contributed by atoms with E-state index in [1.54, 1.807) is 6.92 Å². The molecule has 134 valence electrons. The van der Waals surface area contributed by atoms with Gasteiger partial charge in [0.05, 0.1) is 25.2 Å². The molecule has 0 saturated carbocycles. The minimum atomic E-state index is -0.514. The predicted molar refractivity (Wildman–Crippen MR) is 93.3 cm³/mol. The number of amides is 1. The Bertz CT molecular complexity index is 527. The van der Waals surface area contributed by atoms with Gasteiger partial charge in [-0.05, 0) is 19.4 Å². The summed E-state index contributed by atoms with van der Waals surface area (Å²) in [7, 11) is 0. The minimum Gasteiger partial charge on any atom is -0.465 e. The Labute approximate surface area is 148 Å². The van der Waals surface area contributed by atoms with Crippen LogP contribution in [0.15, 0.2) is 30.3 Å². The van der Waals surface area contributed by atoms with E-state index in [2.05, 4.69) is 10.6 Å². The summed E-state index contributed by atoms with van der Waals surface area (Å²) < 4.78 is 10.6. The Morgan fingerprint density at radius 2 is 2.08 bits per heavy atom. The Morgan fingerprint density at radius 3 is 2.71 bits per heavy atom. The van der Waals surface area contributed by atoms with Crippen LogP contribution in [-0.4, -0.2) is 50.3 Å². The minimum absolute atomic E-state index is 0. The Hall–Kier alpha value is -1.63. The van der Waals surface area contributed by atoms with Crippen molar-refractivity contribution < 1.29 is 19.1 Å². The molecule has 7 heteroatoms. The van der Waals surface area contributed by atoms with Crippen LogP contribution in [0.4, 0.5) is 0 Å². The third-order valence-corrected chi connectivity index (χ3v) is 3.85. The standard InChI is InChI=1S/C17H24N2O4.ClH/c1-3-22-17(21)14(13-7-5-4-6-8-13)11-19-16(20)15-12(2)23-10-9-18-15;/h4-8,12,14-15,18H,3,9-11H2,1-2H3,(H,19,20);1H/t12-,14?,15+;/m1./s1. The number of rotatable bonds is 6.